The van der Waals surface area contributed by atoms with Crippen LogP contribution in [-0.4, -0.2) is 11.0 Å². The van der Waals surface area contributed by atoms with Gasteiger partial charge < -0.3 is 9.15 Å². The van der Waals surface area contributed by atoms with Crippen LogP contribution < -0.4 is 4.74 Å². The molecule has 10 heavy (non-hydrogen) atoms. The summed E-state index contributed by atoms with van der Waals surface area (Å²) in [6, 6.07) is 0. The first-order chi connectivity index (χ1) is 4.83. The first kappa shape index (κ1) is 6.80. The summed E-state index contributed by atoms with van der Waals surface area (Å²) in [5.74, 6) is -0.177. The second-order valence-corrected chi connectivity index (χ2v) is 1.65. The lowest BCUT2D eigenvalue weighted by Crippen LogP contribution is -2.04. The van der Waals surface area contributed by atoms with Crippen LogP contribution in [0.4, 0.5) is 0 Å². The van der Waals surface area contributed by atoms with E-state index < -0.39 is 0 Å². The highest BCUT2D eigenvalue weighted by Crippen LogP contribution is 2.07. The molecule has 0 aliphatic rings. The number of esters is 1. The summed E-state index contributed by atoms with van der Waals surface area (Å²) in [6.45, 7) is 1.71. The molecule has 0 unspecified atom stereocenters. The van der Waals surface area contributed by atoms with E-state index in [1.807, 2.05) is 0 Å². The largest absolute Gasteiger partial charge is 0.413 e. The van der Waals surface area contributed by atoms with E-state index in [0.717, 1.165) is 0 Å². The average molecular weight is 141 g/mol. The molecule has 4 nitrogen and oxygen atoms in total. The van der Waals surface area contributed by atoms with Crippen LogP contribution in [0.15, 0.2) is 17.0 Å². The molecule has 1 heterocycles. The molecule has 1 aromatic rings. The van der Waals surface area contributed by atoms with E-state index in [-0.39, 0.29) is 11.9 Å². The Kier molecular flexibility index (Phi) is 2.04. The summed E-state index contributed by atoms with van der Waals surface area (Å²) >= 11 is 0. The summed E-state index contributed by atoms with van der Waals surface area (Å²) < 4.78 is 9.29. The second kappa shape index (κ2) is 3.00. The van der Waals surface area contributed by atoms with E-state index in [2.05, 4.69) is 14.1 Å². The molecular formula is C6H7NO3. The Labute approximate surface area is 57.8 Å². The predicted octanol–water partition coefficient (Wildman–Crippen LogP) is 0.990. The number of carbonyl (C=O) groups is 1. The van der Waals surface area contributed by atoms with Gasteiger partial charge in [0.05, 0.1) is 0 Å². The number of oxazole rings is 1. The fourth-order valence-corrected chi connectivity index (χ4v) is 0.439. The molecule has 0 aliphatic heterocycles. The number of aromatic nitrogens is 1. The summed E-state index contributed by atoms with van der Waals surface area (Å²) in [5.41, 5.74) is 0. The summed E-state index contributed by atoms with van der Waals surface area (Å²) in [6.07, 6.45) is 2.88. The van der Waals surface area contributed by atoms with Crippen LogP contribution in [0, 0.1) is 0 Å². The third-order valence-corrected chi connectivity index (χ3v) is 0.913. The quantitative estimate of drug-likeness (QED) is 0.576. The second-order valence-electron chi connectivity index (χ2n) is 1.65. The Bertz CT molecular complexity index is 205. The Morgan fingerprint density at radius 3 is 3.20 bits per heavy atom. The van der Waals surface area contributed by atoms with Gasteiger partial charge in [-0.05, 0) is 0 Å². The van der Waals surface area contributed by atoms with Gasteiger partial charge in [0.1, 0.15) is 6.20 Å². The maximum Gasteiger partial charge on any atom is 0.313 e. The molecule has 0 saturated carbocycles. The lowest BCUT2D eigenvalue weighted by molar-refractivity contribution is -0.135. The van der Waals surface area contributed by atoms with E-state index in [1.54, 1.807) is 6.92 Å². The van der Waals surface area contributed by atoms with Crippen LogP contribution in [0.2, 0.25) is 0 Å². The van der Waals surface area contributed by atoms with Gasteiger partial charge >= 0.3 is 11.9 Å². The van der Waals surface area contributed by atoms with Crippen molar-refractivity contribution in [2.24, 2.45) is 0 Å². The smallest absolute Gasteiger partial charge is 0.313 e. The molecule has 0 saturated heterocycles. The zero-order valence-corrected chi connectivity index (χ0v) is 5.53. The van der Waals surface area contributed by atoms with Crippen molar-refractivity contribution in [2.45, 2.75) is 13.3 Å². The molecule has 0 fully saturated rings. The molecule has 0 radical (unpaired) electrons. The van der Waals surface area contributed by atoms with E-state index in [0.29, 0.717) is 6.42 Å². The summed E-state index contributed by atoms with van der Waals surface area (Å²) in [4.78, 5) is 14.1. The lowest BCUT2D eigenvalue weighted by atomic mass is 10.5. The third-order valence-electron chi connectivity index (χ3n) is 0.913. The highest BCUT2D eigenvalue weighted by atomic mass is 16.6. The van der Waals surface area contributed by atoms with Crippen LogP contribution in [0.1, 0.15) is 13.3 Å². The molecule has 0 spiro atoms. The maximum atomic E-state index is 10.6. The molecule has 0 aliphatic carbocycles. The van der Waals surface area contributed by atoms with Crippen LogP contribution in [0.25, 0.3) is 0 Å². The molecule has 1 rings (SSSR count). The first-order valence-electron chi connectivity index (χ1n) is 2.92. The van der Waals surface area contributed by atoms with Gasteiger partial charge in [-0.1, -0.05) is 6.92 Å². The molecule has 0 bridgehead atoms. The van der Waals surface area contributed by atoms with Crippen LogP contribution in [-0.2, 0) is 4.79 Å². The van der Waals surface area contributed by atoms with Crippen molar-refractivity contribution in [1.82, 2.24) is 4.98 Å². The van der Waals surface area contributed by atoms with Gasteiger partial charge in [0.25, 0.3) is 0 Å². The molecule has 0 atom stereocenters. The van der Waals surface area contributed by atoms with Gasteiger partial charge in [0, 0.05) is 6.42 Å². The highest BCUT2D eigenvalue weighted by molar-refractivity contribution is 5.71. The maximum absolute atomic E-state index is 10.6. The number of rotatable bonds is 2. The van der Waals surface area contributed by atoms with Crippen LogP contribution in [0.5, 0.6) is 5.95 Å². The zero-order valence-electron chi connectivity index (χ0n) is 5.53. The van der Waals surface area contributed by atoms with Gasteiger partial charge in [-0.25, -0.2) is 4.98 Å². The van der Waals surface area contributed by atoms with Gasteiger partial charge in [-0.3, -0.25) is 4.79 Å². The van der Waals surface area contributed by atoms with E-state index in [4.69, 9.17) is 0 Å². The predicted molar refractivity (Wildman–Crippen MR) is 32.4 cm³/mol. The van der Waals surface area contributed by atoms with Crippen molar-refractivity contribution in [3.8, 4) is 5.95 Å². The minimum Gasteiger partial charge on any atom is -0.413 e. The molecule has 0 N–H and O–H groups in total. The Morgan fingerprint density at radius 2 is 2.70 bits per heavy atom. The number of carbonyl (C=O) groups excluding carboxylic acids is 1. The Hall–Kier alpha value is -1.32. The van der Waals surface area contributed by atoms with Crippen molar-refractivity contribution in [2.75, 3.05) is 0 Å². The van der Waals surface area contributed by atoms with Crippen molar-refractivity contribution in [3.05, 3.63) is 12.6 Å². The van der Waals surface area contributed by atoms with E-state index >= 15 is 0 Å². The van der Waals surface area contributed by atoms with Crippen molar-refractivity contribution in [1.29, 1.82) is 0 Å². The molecule has 4 heteroatoms. The van der Waals surface area contributed by atoms with Crippen molar-refractivity contribution >= 4 is 5.97 Å². The topological polar surface area (TPSA) is 52.3 Å². The van der Waals surface area contributed by atoms with Crippen LogP contribution in [0.3, 0.4) is 0 Å². The molecule has 54 valence electrons. The normalized spacial score (nSPS) is 9.30. The molecule has 1 aromatic heterocycles. The number of ether oxygens (including phenoxy) is 1. The number of nitrogens with zero attached hydrogens (tertiary/aromatic N) is 1. The summed E-state index contributed by atoms with van der Waals surface area (Å²) in [5, 5.41) is 0. The van der Waals surface area contributed by atoms with Crippen molar-refractivity contribution in [3.63, 3.8) is 0 Å². The fraction of sp³-hybridized carbons (Fsp3) is 0.333. The van der Waals surface area contributed by atoms with Gasteiger partial charge in [0.2, 0.25) is 0 Å². The Morgan fingerprint density at radius 1 is 1.90 bits per heavy atom. The van der Waals surface area contributed by atoms with Gasteiger partial charge in [0.15, 0.2) is 6.39 Å². The van der Waals surface area contributed by atoms with Gasteiger partial charge in [-0.2, -0.15) is 0 Å². The standard InChI is InChI=1S/C6H7NO3/c1-2-5(8)10-6-3-7-4-9-6/h3-4H,2H2,1H3. The van der Waals surface area contributed by atoms with E-state index in [1.165, 1.54) is 12.6 Å². The SMILES string of the molecule is CCC(=O)Oc1cnco1. The molecule has 0 aromatic carbocycles. The zero-order chi connectivity index (χ0) is 7.40. The molecular weight excluding hydrogens is 134 g/mol. The lowest BCUT2D eigenvalue weighted by Gasteiger charge is -1.93. The van der Waals surface area contributed by atoms with Crippen molar-refractivity contribution < 1.29 is 13.9 Å². The fourth-order valence-electron chi connectivity index (χ4n) is 0.439. The van der Waals surface area contributed by atoms with Gasteiger partial charge in [-0.15, -0.1) is 0 Å². The molecule has 0 amide bonds. The summed E-state index contributed by atoms with van der Waals surface area (Å²) in [7, 11) is 0. The van der Waals surface area contributed by atoms with E-state index in [9.17, 15) is 4.79 Å². The minimum absolute atomic E-state index is 0.145. The monoisotopic (exact) mass is 141 g/mol. The number of hydrogen-bond acceptors (Lipinski definition) is 4. The number of hydrogen-bond donors (Lipinski definition) is 0. The first-order valence-corrected chi connectivity index (χ1v) is 2.92. The van der Waals surface area contributed by atoms with Crippen LogP contribution >= 0.6 is 0 Å². The third kappa shape index (κ3) is 1.58. The Balaban J connectivity index is 2.48. The average Bonchev–Trinajstić information content (AvgIpc) is 2.40. The highest BCUT2D eigenvalue weighted by Gasteiger charge is 2.02. The minimum atomic E-state index is -0.322.